The molecule has 0 fully saturated rings. The lowest BCUT2D eigenvalue weighted by Gasteiger charge is -2.11. The van der Waals surface area contributed by atoms with E-state index in [1.165, 1.54) is 14.2 Å². The van der Waals surface area contributed by atoms with Crippen LogP contribution in [0.25, 0.3) is 0 Å². The molecule has 7 heteroatoms. The number of carbonyl (C=O) groups excluding carboxylic acids is 1. The molecule has 2 N–H and O–H groups in total. The lowest BCUT2D eigenvalue weighted by atomic mass is 10.2. The van der Waals surface area contributed by atoms with Gasteiger partial charge in [0, 0.05) is 17.3 Å². The van der Waals surface area contributed by atoms with Crippen molar-refractivity contribution in [3.05, 3.63) is 33.9 Å². The van der Waals surface area contributed by atoms with E-state index in [0.717, 1.165) is 5.69 Å². The maximum Gasteiger partial charge on any atom is 0.257 e. The highest BCUT2D eigenvalue weighted by Gasteiger charge is 2.15. The topological polar surface area (TPSA) is 76.2 Å². The number of rotatable bonds is 4. The van der Waals surface area contributed by atoms with Crippen LogP contribution in [0.3, 0.4) is 0 Å². The number of aryl methyl sites for hydroxylation is 1. The molecule has 0 atom stereocenters. The summed E-state index contributed by atoms with van der Waals surface area (Å²) in [6.45, 7) is 1.86. The van der Waals surface area contributed by atoms with Gasteiger partial charge in [-0.3, -0.25) is 9.89 Å². The smallest absolute Gasteiger partial charge is 0.257 e. The number of benzene rings is 1. The summed E-state index contributed by atoms with van der Waals surface area (Å²) in [7, 11) is 3.05. The van der Waals surface area contributed by atoms with Gasteiger partial charge in [-0.15, -0.1) is 0 Å². The van der Waals surface area contributed by atoms with E-state index < -0.39 is 0 Å². The van der Waals surface area contributed by atoms with Crippen LogP contribution in [0.2, 0.25) is 0 Å². The SMILES string of the molecule is COc1cc(C(=O)Nc2cc(C)[nH]n2)cc(OC)c1Br. The Balaban J connectivity index is 2.29. The summed E-state index contributed by atoms with van der Waals surface area (Å²) in [5.74, 6) is 1.22. The van der Waals surface area contributed by atoms with Crippen LogP contribution >= 0.6 is 15.9 Å². The minimum Gasteiger partial charge on any atom is -0.495 e. The van der Waals surface area contributed by atoms with Crippen molar-refractivity contribution in [3.63, 3.8) is 0 Å². The monoisotopic (exact) mass is 339 g/mol. The summed E-state index contributed by atoms with van der Waals surface area (Å²) in [5, 5.41) is 9.41. The first-order valence-electron chi connectivity index (χ1n) is 5.80. The van der Waals surface area contributed by atoms with Crippen molar-refractivity contribution in [2.24, 2.45) is 0 Å². The van der Waals surface area contributed by atoms with Gasteiger partial charge in [0.05, 0.1) is 14.2 Å². The van der Waals surface area contributed by atoms with Crippen molar-refractivity contribution in [3.8, 4) is 11.5 Å². The van der Waals surface area contributed by atoms with Crippen molar-refractivity contribution in [2.75, 3.05) is 19.5 Å². The minimum absolute atomic E-state index is 0.291. The zero-order chi connectivity index (χ0) is 14.7. The number of carbonyl (C=O) groups is 1. The Morgan fingerprint density at radius 3 is 2.30 bits per heavy atom. The van der Waals surface area contributed by atoms with Crippen LogP contribution in [-0.2, 0) is 0 Å². The largest absolute Gasteiger partial charge is 0.495 e. The number of H-pyrrole nitrogens is 1. The summed E-state index contributed by atoms with van der Waals surface area (Å²) in [5.41, 5.74) is 1.29. The predicted molar refractivity (Wildman–Crippen MR) is 78.5 cm³/mol. The average Bonchev–Trinajstić information content (AvgIpc) is 2.84. The highest BCUT2D eigenvalue weighted by Crippen LogP contribution is 2.35. The molecule has 0 aliphatic heterocycles. The molecule has 0 saturated carbocycles. The molecule has 2 aromatic rings. The molecule has 0 radical (unpaired) electrons. The Morgan fingerprint density at radius 1 is 1.25 bits per heavy atom. The van der Waals surface area contributed by atoms with Gasteiger partial charge in [-0.05, 0) is 35.0 Å². The molecule has 0 unspecified atom stereocenters. The number of nitrogens with zero attached hydrogens (tertiary/aromatic N) is 1. The Kier molecular flexibility index (Phi) is 4.29. The summed E-state index contributed by atoms with van der Waals surface area (Å²) in [4.78, 5) is 12.2. The van der Waals surface area contributed by atoms with Gasteiger partial charge in [0.2, 0.25) is 0 Å². The summed E-state index contributed by atoms with van der Waals surface area (Å²) in [6, 6.07) is 4.99. The second-order valence-corrected chi connectivity index (χ2v) is 4.88. The van der Waals surface area contributed by atoms with Gasteiger partial charge in [0.1, 0.15) is 16.0 Å². The molecule has 0 aliphatic carbocycles. The number of nitrogens with one attached hydrogen (secondary N) is 2. The first kappa shape index (κ1) is 14.4. The number of aromatic nitrogens is 2. The maximum absolute atomic E-state index is 12.2. The fraction of sp³-hybridized carbons (Fsp3) is 0.231. The molecular weight excluding hydrogens is 326 g/mol. The maximum atomic E-state index is 12.2. The average molecular weight is 340 g/mol. The Morgan fingerprint density at radius 2 is 1.85 bits per heavy atom. The van der Waals surface area contributed by atoms with Gasteiger partial charge in [-0.1, -0.05) is 0 Å². The summed E-state index contributed by atoms with van der Waals surface area (Å²) >= 11 is 3.36. The van der Waals surface area contributed by atoms with E-state index in [-0.39, 0.29) is 5.91 Å². The van der Waals surface area contributed by atoms with E-state index in [0.29, 0.717) is 27.4 Å². The number of hydrogen-bond donors (Lipinski definition) is 2. The van der Waals surface area contributed by atoms with Crippen LogP contribution in [0.4, 0.5) is 5.82 Å². The molecule has 1 aromatic heterocycles. The van der Waals surface area contributed by atoms with Crippen molar-refractivity contribution in [1.29, 1.82) is 0 Å². The van der Waals surface area contributed by atoms with E-state index in [1.807, 2.05) is 6.92 Å². The molecule has 0 aliphatic rings. The van der Waals surface area contributed by atoms with Crippen LogP contribution in [0.15, 0.2) is 22.7 Å². The molecular formula is C13H14BrN3O3. The van der Waals surface area contributed by atoms with Crippen molar-refractivity contribution in [1.82, 2.24) is 10.2 Å². The molecule has 2 rings (SSSR count). The van der Waals surface area contributed by atoms with E-state index >= 15 is 0 Å². The molecule has 106 valence electrons. The number of halogens is 1. The molecule has 20 heavy (non-hydrogen) atoms. The third kappa shape index (κ3) is 2.93. The third-order valence-corrected chi connectivity index (χ3v) is 3.44. The van der Waals surface area contributed by atoms with Crippen molar-refractivity contribution >= 4 is 27.7 Å². The minimum atomic E-state index is -0.291. The fourth-order valence-electron chi connectivity index (χ4n) is 1.67. The molecule has 1 amide bonds. The number of methoxy groups -OCH3 is 2. The van der Waals surface area contributed by atoms with Gasteiger partial charge in [-0.2, -0.15) is 5.10 Å². The van der Waals surface area contributed by atoms with E-state index in [1.54, 1.807) is 18.2 Å². The summed E-state index contributed by atoms with van der Waals surface area (Å²) in [6.07, 6.45) is 0. The molecule has 1 aromatic carbocycles. The van der Waals surface area contributed by atoms with E-state index in [4.69, 9.17) is 9.47 Å². The normalized spacial score (nSPS) is 10.2. The number of ether oxygens (including phenoxy) is 2. The fourth-order valence-corrected chi connectivity index (χ4v) is 2.22. The number of hydrogen-bond acceptors (Lipinski definition) is 4. The van der Waals surface area contributed by atoms with Crippen LogP contribution in [0.1, 0.15) is 16.1 Å². The second kappa shape index (κ2) is 5.96. The number of aromatic amines is 1. The van der Waals surface area contributed by atoms with Gasteiger partial charge in [-0.25, -0.2) is 0 Å². The molecule has 0 spiro atoms. The van der Waals surface area contributed by atoms with Gasteiger partial charge >= 0.3 is 0 Å². The zero-order valence-electron chi connectivity index (χ0n) is 11.3. The number of amides is 1. The summed E-state index contributed by atoms with van der Waals surface area (Å²) < 4.78 is 11.1. The Hall–Kier alpha value is -2.02. The lowest BCUT2D eigenvalue weighted by molar-refractivity contribution is 0.102. The molecule has 1 heterocycles. The standard InChI is InChI=1S/C13H14BrN3O3/c1-7-4-11(17-16-7)15-13(18)8-5-9(19-2)12(14)10(6-8)20-3/h4-6H,1-3H3,(H2,15,16,17,18). The highest BCUT2D eigenvalue weighted by atomic mass is 79.9. The van der Waals surface area contributed by atoms with Crippen molar-refractivity contribution in [2.45, 2.75) is 6.92 Å². The van der Waals surface area contributed by atoms with Crippen LogP contribution in [0.5, 0.6) is 11.5 Å². The van der Waals surface area contributed by atoms with Crippen molar-refractivity contribution < 1.29 is 14.3 Å². The first-order valence-corrected chi connectivity index (χ1v) is 6.59. The zero-order valence-corrected chi connectivity index (χ0v) is 12.9. The van der Waals surface area contributed by atoms with Crippen LogP contribution < -0.4 is 14.8 Å². The highest BCUT2D eigenvalue weighted by molar-refractivity contribution is 9.10. The Bertz CT molecular complexity index is 615. The quantitative estimate of drug-likeness (QED) is 0.897. The Labute approximate surface area is 124 Å². The molecule has 0 bridgehead atoms. The van der Waals surface area contributed by atoms with Gasteiger partial charge < -0.3 is 14.8 Å². The van der Waals surface area contributed by atoms with Gasteiger partial charge in [0.25, 0.3) is 5.91 Å². The van der Waals surface area contributed by atoms with Crippen LogP contribution in [-0.4, -0.2) is 30.3 Å². The second-order valence-electron chi connectivity index (χ2n) is 4.09. The lowest BCUT2D eigenvalue weighted by Crippen LogP contribution is -2.12. The molecule has 0 saturated heterocycles. The van der Waals surface area contributed by atoms with E-state index in [9.17, 15) is 4.79 Å². The first-order chi connectivity index (χ1) is 9.55. The molecule has 6 nitrogen and oxygen atoms in total. The van der Waals surface area contributed by atoms with Crippen LogP contribution in [0, 0.1) is 6.92 Å². The number of anilines is 1. The third-order valence-electron chi connectivity index (χ3n) is 2.66. The van der Waals surface area contributed by atoms with Gasteiger partial charge in [0.15, 0.2) is 5.82 Å². The predicted octanol–water partition coefficient (Wildman–Crippen LogP) is 2.75. The van der Waals surface area contributed by atoms with E-state index in [2.05, 4.69) is 31.4 Å².